The number of rotatable bonds is 2. The fourth-order valence-corrected chi connectivity index (χ4v) is 5.06. The van der Waals surface area contributed by atoms with Crippen molar-refractivity contribution >= 4 is 5.65 Å². The lowest BCUT2D eigenvalue weighted by atomic mass is 9.77. The van der Waals surface area contributed by atoms with Crippen LogP contribution in [0.15, 0.2) is 18.5 Å². The Bertz CT molecular complexity index is 1020. The molecule has 5 rings (SSSR count). The van der Waals surface area contributed by atoms with E-state index < -0.39 is 0 Å². The first-order valence-electron chi connectivity index (χ1n) is 9.90. The zero-order chi connectivity index (χ0) is 18.6. The van der Waals surface area contributed by atoms with Gasteiger partial charge in [-0.15, -0.1) is 0 Å². The van der Waals surface area contributed by atoms with Crippen molar-refractivity contribution < 1.29 is 0 Å². The predicted molar refractivity (Wildman–Crippen MR) is 104 cm³/mol. The highest BCUT2D eigenvalue weighted by Gasteiger charge is 2.43. The van der Waals surface area contributed by atoms with Gasteiger partial charge in [-0.25, -0.2) is 19.5 Å². The predicted octanol–water partition coefficient (Wildman–Crippen LogP) is 2.92. The van der Waals surface area contributed by atoms with Crippen molar-refractivity contribution in [2.45, 2.75) is 58.4 Å². The summed E-state index contributed by atoms with van der Waals surface area (Å²) in [5, 5.41) is 4.57. The van der Waals surface area contributed by atoms with Crippen LogP contribution in [0.3, 0.4) is 0 Å². The number of hydrogen-bond donors (Lipinski definition) is 0. The molecule has 0 amide bonds. The number of nitrogens with zero attached hydrogens (tertiary/aromatic N) is 6. The third-order valence-electron chi connectivity index (χ3n) is 6.26. The lowest BCUT2D eigenvalue weighted by Gasteiger charge is -2.40. The van der Waals surface area contributed by atoms with Crippen LogP contribution in [0.5, 0.6) is 0 Å². The number of likely N-dealkylation sites (tertiary alicyclic amines) is 1. The van der Waals surface area contributed by atoms with Crippen LogP contribution in [-0.4, -0.2) is 42.6 Å². The second-order valence-electron chi connectivity index (χ2n) is 8.33. The molecule has 6 nitrogen and oxygen atoms in total. The summed E-state index contributed by atoms with van der Waals surface area (Å²) in [5.74, 6) is 0.893. The number of piperidine rings is 1. The van der Waals surface area contributed by atoms with Gasteiger partial charge in [-0.2, -0.15) is 5.10 Å². The van der Waals surface area contributed by atoms with Crippen LogP contribution < -0.4 is 0 Å². The number of fused-ring (bicyclic) bond motifs is 3. The molecule has 6 heteroatoms. The molecule has 1 spiro atoms. The fourth-order valence-electron chi connectivity index (χ4n) is 5.06. The van der Waals surface area contributed by atoms with Crippen molar-refractivity contribution in [2.24, 2.45) is 0 Å². The van der Waals surface area contributed by atoms with E-state index in [9.17, 15) is 0 Å². The van der Waals surface area contributed by atoms with Gasteiger partial charge in [-0.1, -0.05) is 0 Å². The van der Waals surface area contributed by atoms with Crippen molar-refractivity contribution in [3.63, 3.8) is 0 Å². The quantitative estimate of drug-likeness (QED) is 0.701. The number of aryl methyl sites for hydroxylation is 4. The van der Waals surface area contributed by atoms with Crippen molar-refractivity contribution in [1.29, 1.82) is 0 Å². The van der Waals surface area contributed by atoms with E-state index >= 15 is 0 Å². The monoisotopic (exact) mass is 362 g/mol. The molecule has 3 aromatic heterocycles. The first-order chi connectivity index (χ1) is 13.0. The van der Waals surface area contributed by atoms with E-state index in [0.29, 0.717) is 0 Å². The average Bonchev–Trinajstić information content (AvgIpc) is 3.18. The molecule has 2 aliphatic rings. The normalized spacial score (nSPS) is 22.6. The maximum absolute atomic E-state index is 4.87. The molecule has 1 unspecified atom stereocenters. The maximum atomic E-state index is 4.87. The molecule has 1 atom stereocenters. The standard InChI is InChI=1S/C21H26N6/c1-14-9-15(2)27-20(24-14)18(11-23-27)12-26-8-4-6-21(13-26)7-5-17-10-22-16(3)25-19(17)21/h9-11H,4-8,12-13H2,1-3H3. The minimum Gasteiger partial charge on any atom is -0.298 e. The average molecular weight is 362 g/mol. The van der Waals surface area contributed by atoms with Gasteiger partial charge in [0.2, 0.25) is 0 Å². The summed E-state index contributed by atoms with van der Waals surface area (Å²) >= 11 is 0. The lowest BCUT2D eigenvalue weighted by Crippen LogP contribution is -2.45. The highest BCUT2D eigenvalue weighted by molar-refractivity contribution is 5.48. The van der Waals surface area contributed by atoms with Gasteiger partial charge < -0.3 is 0 Å². The smallest absolute Gasteiger partial charge is 0.159 e. The van der Waals surface area contributed by atoms with Gasteiger partial charge in [0.25, 0.3) is 0 Å². The van der Waals surface area contributed by atoms with E-state index in [2.05, 4.69) is 34.9 Å². The van der Waals surface area contributed by atoms with E-state index in [1.807, 2.05) is 23.8 Å². The molecule has 1 aliphatic carbocycles. The largest absolute Gasteiger partial charge is 0.298 e. The first kappa shape index (κ1) is 16.8. The van der Waals surface area contributed by atoms with Crippen LogP contribution in [0.4, 0.5) is 0 Å². The molecule has 0 radical (unpaired) electrons. The highest BCUT2D eigenvalue weighted by Crippen LogP contribution is 2.44. The van der Waals surface area contributed by atoms with Crippen molar-refractivity contribution in [2.75, 3.05) is 13.1 Å². The van der Waals surface area contributed by atoms with Gasteiger partial charge in [0, 0.05) is 41.7 Å². The van der Waals surface area contributed by atoms with E-state index in [1.165, 1.54) is 36.1 Å². The summed E-state index contributed by atoms with van der Waals surface area (Å²) in [4.78, 5) is 16.6. The molecule has 4 heterocycles. The van der Waals surface area contributed by atoms with E-state index in [0.717, 1.165) is 48.9 Å². The molecule has 1 aliphatic heterocycles. The Morgan fingerprint density at radius 2 is 2.00 bits per heavy atom. The van der Waals surface area contributed by atoms with E-state index in [1.54, 1.807) is 0 Å². The summed E-state index contributed by atoms with van der Waals surface area (Å²) in [7, 11) is 0. The Morgan fingerprint density at radius 1 is 1.11 bits per heavy atom. The Hall–Kier alpha value is -2.34. The maximum Gasteiger partial charge on any atom is 0.159 e. The Kier molecular flexibility index (Phi) is 3.79. The summed E-state index contributed by atoms with van der Waals surface area (Å²) < 4.78 is 1.96. The minimum atomic E-state index is 0.198. The zero-order valence-electron chi connectivity index (χ0n) is 16.4. The molecule has 0 aromatic carbocycles. The molecule has 0 N–H and O–H groups in total. The summed E-state index contributed by atoms with van der Waals surface area (Å²) in [6.45, 7) is 9.24. The van der Waals surface area contributed by atoms with Gasteiger partial charge in [-0.05, 0) is 64.6 Å². The molecule has 27 heavy (non-hydrogen) atoms. The fraction of sp³-hybridized carbons (Fsp3) is 0.524. The van der Waals surface area contributed by atoms with Crippen molar-refractivity contribution in [1.82, 2.24) is 29.5 Å². The van der Waals surface area contributed by atoms with Crippen LogP contribution in [0, 0.1) is 20.8 Å². The third kappa shape index (κ3) is 2.74. The van der Waals surface area contributed by atoms with Crippen LogP contribution >= 0.6 is 0 Å². The molecule has 0 saturated carbocycles. The zero-order valence-corrected chi connectivity index (χ0v) is 16.4. The number of aromatic nitrogens is 5. The second kappa shape index (κ2) is 6.09. The summed E-state index contributed by atoms with van der Waals surface area (Å²) in [6.07, 6.45) is 8.80. The Balaban J connectivity index is 1.45. The Morgan fingerprint density at radius 3 is 2.89 bits per heavy atom. The van der Waals surface area contributed by atoms with Gasteiger partial charge in [0.1, 0.15) is 5.82 Å². The Labute approximate surface area is 159 Å². The van der Waals surface area contributed by atoms with Crippen LogP contribution in [0.25, 0.3) is 5.65 Å². The third-order valence-corrected chi connectivity index (χ3v) is 6.26. The van der Waals surface area contributed by atoms with E-state index in [4.69, 9.17) is 9.97 Å². The van der Waals surface area contributed by atoms with Crippen LogP contribution in [-0.2, 0) is 18.4 Å². The summed E-state index contributed by atoms with van der Waals surface area (Å²) in [6, 6.07) is 2.08. The molecule has 140 valence electrons. The van der Waals surface area contributed by atoms with Crippen molar-refractivity contribution in [3.8, 4) is 0 Å². The first-order valence-corrected chi connectivity index (χ1v) is 9.90. The summed E-state index contributed by atoms with van der Waals surface area (Å²) in [5.41, 5.74) is 7.26. The van der Waals surface area contributed by atoms with Crippen LogP contribution in [0.2, 0.25) is 0 Å². The second-order valence-corrected chi connectivity index (χ2v) is 8.33. The van der Waals surface area contributed by atoms with E-state index in [-0.39, 0.29) is 5.41 Å². The van der Waals surface area contributed by atoms with Gasteiger partial charge >= 0.3 is 0 Å². The highest BCUT2D eigenvalue weighted by atomic mass is 15.3. The topological polar surface area (TPSA) is 59.2 Å². The molecule has 3 aromatic rings. The molecule has 1 fully saturated rings. The molecule has 1 saturated heterocycles. The molecule has 0 bridgehead atoms. The molecular weight excluding hydrogens is 336 g/mol. The lowest BCUT2D eigenvalue weighted by molar-refractivity contribution is 0.137. The SMILES string of the molecule is Cc1cc(C)n2ncc(CN3CCCC4(CCc5cnc(C)nc54)C3)c2n1. The minimum absolute atomic E-state index is 0.198. The van der Waals surface area contributed by atoms with Crippen molar-refractivity contribution in [3.05, 3.63) is 52.5 Å². The molecular formula is C21H26N6. The van der Waals surface area contributed by atoms with Crippen LogP contribution in [0.1, 0.15) is 53.3 Å². The van der Waals surface area contributed by atoms with Gasteiger partial charge in [-0.3, -0.25) is 4.90 Å². The number of hydrogen-bond acceptors (Lipinski definition) is 5. The van der Waals surface area contributed by atoms with Gasteiger partial charge in [0.15, 0.2) is 5.65 Å². The van der Waals surface area contributed by atoms with Gasteiger partial charge in [0.05, 0.1) is 11.9 Å².